The number of hydrogen-bond donors (Lipinski definition) is 2. The molecular formula is C8H10N2. The first-order valence-electron chi connectivity index (χ1n) is 3.24. The van der Waals surface area contributed by atoms with Crippen LogP contribution in [-0.2, 0) is 0 Å². The summed E-state index contributed by atoms with van der Waals surface area (Å²) in [6, 6.07) is 0. The molecule has 0 spiro atoms. The summed E-state index contributed by atoms with van der Waals surface area (Å²) in [5, 5.41) is 6.23. The first kappa shape index (κ1) is 7.15. The Balaban J connectivity index is 2.67. The highest BCUT2D eigenvalue weighted by Gasteiger charge is 2.25. The molecule has 1 aliphatic rings. The van der Waals surface area contributed by atoms with E-state index < -0.39 is 5.54 Å². The Bertz CT molecular complexity index is 172. The SMILES string of the molecule is C#CC1(C#C)CNCCN1. The van der Waals surface area contributed by atoms with E-state index in [0.717, 1.165) is 13.1 Å². The lowest BCUT2D eigenvalue weighted by Crippen LogP contribution is -2.57. The van der Waals surface area contributed by atoms with Gasteiger partial charge in [0.25, 0.3) is 0 Å². The van der Waals surface area contributed by atoms with Gasteiger partial charge in [-0.05, 0) is 0 Å². The summed E-state index contributed by atoms with van der Waals surface area (Å²) >= 11 is 0. The molecule has 1 aliphatic heterocycles. The van der Waals surface area contributed by atoms with Crippen molar-refractivity contribution in [3.8, 4) is 24.7 Å². The number of nitrogens with one attached hydrogen (secondary N) is 2. The second-order valence-electron chi connectivity index (χ2n) is 2.30. The third-order valence-corrected chi connectivity index (χ3v) is 1.61. The fourth-order valence-corrected chi connectivity index (χ4v) is 0.948. The Labute approximate surface area is 61.4 Å². The van der Waals surface area contributed by atoms with Crippen LogP contribution in [0.25, 0.3) is 0 Å². The van der Waals surface area contributed by atoms with Crippen LogP contribution in [0.5, 0.6) is 0 Å². The monoisotopic (exact) mass is 134 g/mol. The van der Waals surface area contributed by atoms with E-state index >= 15 is 0 Å². The van der Waals surface area contributed by atoms with Gasteiger partial charge in [0.05, 0.1) is 0 Å². The molecule has 0 aromatic carbocycles. The van der Waals surface area contributed by atoms with Gasteiger partial charge in [-0.25, -0.2) is 0 Å². The van der Waals surface area contributed by atoms with Crippen molar-refractivity contribution in [3.63, 3.8) is 0 Å². The summed E-state index contributed by atoms with van der Waals surface area (Å²) in [6.07, 6.45) is 10.5. The molecule has 0 atom stereocenters. The van der Waals surface area contributed by atoms with Gasteiger partial charge >= 0.3 is 0 Å². The number of rotatable bonds is 0. The van der Waals surface area contributed by atoms with Gasteiger partial charge in [0, 0.05) is 19.6 Å². The molecule has 52 valence electrons. The summed E-state index contributed by atoms with van der Waals surface area (Å²) in [7, 11) is 0. The smallest absolute Gasteiger partial charge is 0.154 e. The van der Waals surface area contributed by atoms with Crippen LogP contribution in [0.4, 0.5) is 0 Å². The molecule has 0 bridgehead atoms. The zero-order valence-corrected chi connectivity index (χ0v) is 5.78. The first-order chi connectivity index (χ1) is 4.83. The molecule has 1 rings (SSSR count). The van der Waals surface area contributed by atoms with E-state index in [1.54, 1.807) is 0 Å². The summed E-state index contributed by atoms with van der Waals surface area (Å²) in [5.74, 6) is 5.11. The largest absolute Gasteiger partial charge is 0.312 e. The molecule has 0 aromatic rings. The van der Waals surface area contributed by atoms with E-state index in [1.807, 2.05) is 0 Å². The zero-order chi connectivity index (χ0) is 7.45. The van der Waals surface area contributed by atoms with Gasteiger partial charge in [0.2, 0.25) is 0 Å². The number of hydrogen-bond acceptors (Lipinski definition) is 2. The fourth-order valence-electron chi connectivity index (χ4n) is 0.948. The predicted molar refractivity (Wildman–Crippen MR) is 41.3 cm³/mol. The molecular weight excluding hydrogens is 124 g/mol. The van der Waals surface area contributed by atoms with Crippen molar-refractivity contribution in [2.24, 2.45) is 0 Å². The molecule has 1 heterocycles. The maximum Gasteiger partial charge on any atom is 0.154 e. The van der Waals surface area contributed by atoms with Gasteiger partial charge in [-0.15, -0.1) is 12.8 Å². The molecule has 1 fully saturated rings. The van der Waals surface area contributed by atoms with Crippen LogP contribution in [-0.4, -0.2) is 25.2 Å². The van der Waals surface area contributed by atoms with E-state index in [9.17, 15) is 0 Å². The van der Waals surface area contributed by atoms with E-state index in [1.165, 1.54) is 0 Å². The zero-order valence-electron chi connectivity index (χ0n) is 5.78. The Morgan fingerprint density at radius 1 is 1.20 bits per heavy atom. The highest BCUT2D eigenvalue weighted by molar-refractivity contribution is 5.30. The molecule has 2 nitrogen and oxygen atoms in total. The molecule has 0 saturated carbocycles. The van der Waals surface area contributed by atoms with Crippen molar-refractivity contribution >= 4 is 0 Å². The standard InChI is InChI=1S/C8H10N2/c1-3-8(4-2)7-9-5-6-10-8/h1-2,9-10H,5-7H2. The Morgan fingerprint density at radius 2 is 1.90 bits per heavy atom. The van der Waals surface area contributed by atoms with E-state index in [2.05, 4.69) is 22.5 Å². The second kappa shape index (κ2) is 2.75. The van der Waals surface area contributed by atoms with Gasteiger partial charge < -0.3 is 5.32 Å². The molecule has 0 aromatic heterocycles. The molecule has 1 saturated heterocycles. The lowest BCUT2D eigenvalue weighted by Gasteiger charge is -2.29. The van der Waals surface area contributed by atoms with Crippen LogP contribution >= 0.6 is 0 Å². The average Bonchev–Trinajstić information content (AvgIpc) is 2.06. The average molecular weight is 134 g/mol. The van der Waals surface area contributed by atoms with Gasteiger partial charge in [-0.3, -0.25) is 5.32 Å². The Hall–Kier alpha value is -0.960. The topological polar surface area (TPSA) is 24.1 Å². The quantitative estimate of drug-likeness (QED) is 0.423. The summed E-state index contributed by atoms with van der Waals surface area (Å²) < 4.78 is 0. The predicted octanol–water partition coefficient (Wildman–Crippen LogP) is -0.816. The van der Waals surface area contributed by atoms with Gasteiger partial charge in [-0.1, -0.05) is 11.8 Å². The fraction of sp³-hybridized carbons (Fsp3) is 0.500. The van der Waals surface area contributed by atoms with E-state index in [4.69, 9.17) is 12.8 Å². The molecule has 0 aliphatic carbocycles. The Kier molecular flexibility index (Phi) is 1.97. The third-order valence-electron chi connectivity index (χ3n) is 1.61. The van der Waals surface area contributed by atoms with Crippen LogP contribution < -0.4 is 10.6 Å². The minimum absolute atomic E-state index is 0.543. The summed E-state index contributed by atoms with van der Waals surface area (Å²) in [5.41, 5.74) is -0.543. The minimum atomic E-state index is -0.543. The van der Waals surface area contributed by atoms with Crippen LogP contribution in [0.1, 0.15) is 0 Å². The van der Waals surface area contributed by atoms with E-state index in [0.29, 0.717) is 6.54 Å². The lowest BCUT2D eigenvalue weighted by molar-refractivity contribution is 0.417. The van der Waals surface area contributed by atoms with Gasteiger partial charge in [0.1, 0.15) is 0 Å². The number of piperazine rings is 1. The first-order valence-corrected chi connectivity index (χ1v) is 3.24. The second-order valence-corrected chi connectivity index (χ2v) is 2.30. The van der Waals surface area contributed by atoms with Crippen LogP contribution in [0.2, 0.25) is 0 Å². The maximum atomic E-state index is 5.25. The van der Waals surface area contributed by atoms with Crippen LogP contribution in [0.3, 0.4) is 0 Å². The van der Waals surface area contributed by atoms with E-state index in [-0.39, 0.29) is 0 Å². The molecule has 2 heteroatoms. The minimum Gasteiger partial charge on any atom is -0.312 e. The maximum absolute atomic E-state index is 5.25. The molecule has 0 unspecified atom stereocenters. The van der Waals surface area contributed by atoms with Crippen LogP contribution in [0.15, 0.2) is 0 Å². The van der Waals surface area contributed by atoms with Crippen molar-refractivity contribution in [1.29, 1.82) is 0 Å². The normalized spacial score (nSPS) is 22.6. The molecule has 0 radical (unpaired) electrons. The highest BCUT2D eigenvalue weighted by Crippen LogP contribution is 2.01. The molecule has 2 N–H and O–H groups in total. The van der Waals surface area contributed by atoms with Crippen LogP contribution in [0, 0.1) is 24.7 Å². The van der Waals surface area contributed by atoms with Crippen molar-refractivity contribution in [3.05, 3.63) is 0 Å². The molecule has 0 amide bonds. The number of terminal acetylenes is 2. The van der Waals surface area contributed by atoms with Gasteiger partial charge in [-0.2, -0.15) is 0 Å². The Morgan fingerprint density at radius 3 is 2.20 bits per heavy atom. The summed E-state index contributed by atoms with van der Waals surface area (Å²) in [6.45, 7) is 2.44. The van der Waals surface area contributed by atoms with Crippen molar-refractivity contribution < 1.29 is 0 Å². The molecule has 10 heavy (non-hydrogen) atoms. The summed E-state index contributed by atoms with van der Waals surface area (Å²) in [4.78, 5) is 0. The van der Waals surface area contributed by atoms with Crippen molar-refractivity contribution in [2.45, 2.75) is 5.54 Å². The van der Waals surface area contributed by atoms with Crippen molar-refractivity contribution in [1.82, 2.24) is 10.6 Å². The third kappa shape index (κ3) is 1.14. The lowest BCUT2D eigenvalue weighted by atomic mass is 10.0. The highest BCUT2D eigenvalue weighted by atomic mass is 15.1. The van der Waals surface area contributed by atoms with Gasteiger partial charge in [0.15, 0.2) is 5.54 Å². The van der Waals surface area contributed by atoms with Crippen molar-refractivity contribution in [2.75, 3.05) is 19.6 Å².